The molecule has 54 heavy (non-hydrogen) atoms. The maximum Gasteiger partial charge on any atom is 2.00 e. The van der Waals surface area contributed by atoms with Gasteiger partial charge in [0.15, 0.2) is 0 Å². The van der Waals surface area contributed by atoms with Gasteiger partial charge in [0.1, 0.15) is 23.9 Å². The number of nitrogens with zero attached hydrogens (tertiary/aromatic N) is 4. The van der Waals surface area contributed by atoms with Crippen LogP contribution in [0.15, 0.2) is 90.1 Å². The molecule has 5 aromatic carbocycles. The summed E-state index contributed by atoms with van der Waals surface area (Å²) in [5.74, 6) is 1.59. The summed E-state index contributed by atoms with van der Waals surface area (Å²) in [6.07, 6.45) is 2.84. The summed E-state index contributed by atoms with van der Waals surface area (Å²) >= 11 is 0. The Morgan fingerprint density at radius 1 is 0.685 bits per heavy atom. The number of benzene rings is 5. The first kappa shape index (κ1) is 34.8. The standard InChI is InChI=1S/C48H42N4O.Pt/c1-26-9-12-31-21-44-46(34(31)17-26)50-47(53-44)33-24-41(30(5)20-29(33)4)51-39-13-10-27(2)18-35(39)37-23-38-36-19-28(3)11-14-40(36)52(43(38)25-42(37)51)45-22-32(15-16-49-45)48(6,7)8;/h9-20,22-23,44,46H,21H2,1-8H3;/q-2;+2/t44-,46+;/m0./s1. The number of pyridine rings is 1. The molecule has 1 aliphatic heterocycles. The van der Waals surface area contributed by atoms with Gasteiger partial charge in [-0.3, -0.25) is 4.99 Å². The van der Waals surface area contributed by atoms with E-state index in [-0.39, 0.29) is 38.6 Å². The average molecular weight is 886 g/mol. The van der Waals surface area contributed by atoms with Crippen molar-refractivity contribution in [1.82, 2.24) is 14.1 Å². The molecule has 2 atom stereocenters. The number of hydrogen-bond acceptors (Lipinski definition) is 3. The third-order valence-corrected chi connectivity index (χ3v) is 11.5. The van der Waals surface area contributed by atoms with Crippen molar-refractivity contribution >= 4 is 49.5 Å². The van der Waals surface area contributed by atoms with Gasteiger partial charge >= 0.3 is 21.1 Å². The fourth-order valence-corrected chi connectivity index (χ4v) is 8.75. The molecule has 6 heteroatoms. The third kappa shape index (κ3) is 5.22. The Bertz CT molecular complexity index is 2900. The van der Waals surface area contributed by atoms with E-state index in [1.165, 1.54) is 54.9 Å². The van der Waals surface area contributed by atoms with Crippen LogP contribution < -0.4 is 0 Å². The van der Waals surface area contributed by atoms with Gasteiger partial charge in [-0.2, -0.15) is 6.07 Å². The van der Waals surface area contributed by atoms with E-state index in [4.69, 9.17) is 14.7 Å². The SMILES string of the molecule is Cc1ccc2c(c1)[C@H]1N=C(c3[c-]c(-n4c5[c-]c6c(cc5c5cc(C)ccc54)c4cc(C)ccc4n6-c4cc(C(C)(C)C)ccn4)c(C)cc3C)O[C@H]1C2.[Pt+2]. The smallest absolute Gasteiger partial charge is 0.514 e. The van der Waals surface area contributed by atoms with E-state index < -0.39 is 0 Å². The van der Waals surface area contributed by atoms with Gasteiger partial charge in [-0.05, 0) is 83.6 Å². The Morgan fingerprint density at radius 3 is 2.04 bits per heavy atom. The summed E-state index contributed by atoms with van der Waals surface area (Å²) in [7, 11) is 0. The van der Waals surface area contributed by atoms with E-state index >= 15 is 0 Å². The second kappa shape index (κ2) is 12.3. The van der Waals surface area contributed by atoms with Crippen molar-refractivity contribution in [3.05, 3.63) is 147 Å². The number of aryl methyl sites for hydroxylation is 5. The molecule has 3 aromatic heterocycles. The zero-order chi connectivity index (χ0) is 36.5. The summed E-state index contributed by atoms with van der Waals surface area (Å²) in [5, 5.41) is 4.74. The minimum Gasteiger partial charge on any atom is -0.514 e. The largest absolute Gasteiger partial charge is 2.00 e. The Morgan fingerprint density at radius 2 is 1.33 bits per heavy atom. The molecule has 4 heterocycles. The molecular formula is C48H42N4OPt. The third-order valence-electron chi connectivity index (χ3n) is 11.5. The Hall–Kier alpha value is -4.99. The van der Waals surface area contributed by atoms with Crippen LogP contribution >= 0.6 is 0 Å². The fraction of sp³-hybridized carbons (Fsp3) is 0.250. The van der Waals surface area contributed by atoms with Crippen LogP contribution in [0.4, 0.5) is 0 Å². The summed E-state index contributed by atoms with van der Waals surface area (Å²) in [6, 6.07) is 37.1. The van der Waals surface area contributed by atoms with E-state index in [9.17, 15) is 0 Å². The molecule has 10 rings (SSSR count). The zero-order valence-electron chi connectivity index (χ0n) is 32.0. The van der Waals surface area contributed by atoms with E-state index in [1.54, 1.807) is 0 Å². The van der Waals surface area contributed by atoms with Crippen molar-refractivity contribution in [3.63, 3.8) is 0 Å². The van der Waals surface area contributed by atoms with Crippen LogP contribution in [0.3, 0.4) is 0 Å². The van der Waals surface area contributed by atoms with Crippen LogP contribution in [0.5, 0.6) is 0 Å². The molecule has 0 radical (unpaired) electrons. The van der Waals surface area contributed by atoms with Crippen LogP contribution in [-0.4, -0.2) is 26.1 Å². The second-order valence-corrected chi connectivity index (χ2v) is 16.5. The Kier molecular flexibility index (Phi) is 7.89. The van der Waals surface area contributed by atoms with Crippen molar-refractivity contribution in [3.8, 4) is 11.5 Å². The summed E-state index contributed by atoms with van der Waals surface area (Å²) in [4.78, 5) is 10.2. The summed E-state index contributed by atoms with van der Waals surface area (Å²) in [6.45, 7) is 17.6. The number of rotatable bonds is 3. The zero-order valence-corrected chi connectivity index (χ0v) is 34.2. The number of aliphatic imine (C=N–C) groups is 1. The Balaban J connectivity index is 0.00000384. The van der Waals surface area contributed by atoms with Crippen molar-refractivity contribution in [1.29, 1.82) is 0 Å². The second-order valence-electron chi connectivity index (χ2n) is 16.5. The molecular weight excluding hydrogens is 844 g/mol. The molecule has 0 amide bonds. The predicted octanol–water partition coefficient (Wildman–Crippen LogP) is 11.2. The molecule has 0 unspecified atom stereocenters. The first-order valence-corrected chi connectivity index (χ1v) is 18.7. The molecule has 270 valence electrons. The van der Waals surface area contributed by atoms with Crippen molar-refractivity contribution in [2.45, 2.75) is 79.4 Å². The van der Waals surface area contributed by atoms with Crippen LogP contribution in [-0.2, 0) is 37.6 Å². The van der Waals surface area contributed by atoms with Gasteiger partial charge in [0.25, 0.3) is 0 Å². The normalized spacial score (nSPS) is 16.6. The molecule has 0 bridgehead atoms. The van der Waals surface area contributed by atoms with E-state index in [2.05, 4.69) is 156 Å². The molecule has 1 aliphatic carbocycles. The van der Waals surface area contributed by atoms with Crippen LogP contribution in [0.1, 0.15) is 76.9 Å². The molecule has 0 saturated heterocycles. The van der Waals surface area contributed by atoms with Gasteiger partial charge in [0.05, 0.1) is 0 Å². The maximum atomic E-state index is 6.67. The van der Waals surface area contributed by atoms with Crippen molar-refractivity contribution in [2.24, 2.45) is 4.99 Å². The monoisotopic (exact) mass is 885 g/mol. The quantitative estimate of drug-likeness (QED) is 0.166. The number of fused-ring (bicyclic) bond motifs is 9. The topological polar surface area (TPSA) is 44.3 Å². The first-order chi connectivity index (χ1) is 25.4. The Labute approximate surface area is 331 Å². The number of hydrogen-bond donors (Lipinski definition) is 0. The fourth-order valence-electron chi connectivity index (χ4n) is 8.75. The minimum absolute atomic E-state index is 0. The molecule has 0 spiro atoms. The predicted molar refractivity (Wildman–Crippen MR) is 217 cm³/mol. The van der Waals surface area contributed by atoms with Gasteiger partial charge in [0, 0.05) is 23.7 Å². The molecule has 8 aromatic rings. The summed E-state index contributed by atoms with van der Waals surface area (Å²) in [5.41, 5.74) is 16.0. The summed E-state index contributed by atoms with van der Waals surface area (Å²) < 4.78 is 11.3. The van der Waals surface area contributed by atoms with Gasteiger partial charge < -0.3 is 13.9 Å². The van der Waals surface area contributed by atoms with Gasteiger partial charge in [-0.25, -0.2) is 4.98 Å². The maximum absolute atomic E-state index is 6.67. The molecule has 5 nitrogen and oxygen atoms in total. The van der Waals surface area contributed by atoms with Crippen molar-refractivity contribution < 1.29 is 25.8 Å². The molecule has 2 aliphatic rings. The molecule has 0 fully saturated rings. The number of aromatic nitrogens is 3. The first-order valence-electron chi connectivity index (χ1n) is 18.7. The van der Waals surface area contributed by atoms with Crippen molar-refractivity contribution in [2.75, 3.05) is 0 Å². The number of ether oxygens (including phenoxy) is 1. The van der Waals surface area contributed by atoms with E-state index in [0.29, 0.717) is 5.90 Å². The van der Waals surface area contributed by atoms with Gasteiger partial charge in [-0.1, -0.05) is 110 Å². The molecule has 0 saturated carbocycles. The average Bonchev–Trinajstić information content (AvgIpc) is 3.85. The molecule has 0 N–H and O–H groups in total. The van der Waals surface area contributed by atoms with Crippen LogP contribution in [0, 0.1) is 46.8 Å². The van der Waals surface area contributed by atoms with E-state index in [0.717, 1.165) is 56.7 Å². The van der Waals surface area contributed by atoms with Crippen LogP contribution in [0.25, 0.3) is 55.1 Å². The van der Waals surface area contributed by atoms with E-state index in [1.807, 2.05) is 6.20 Å². The minimum atomic E-state index is -0.0148. The van der Waals surface area contributed by atoms with Crippen LogP contribution in [0.2, 0.25) is 0 Å². The van der Waals surface area contributed by atoms with Gasteiger partial charge in [-0.15, -0.1) is 40.1 Å². The van der Waals surface area contributed by atoms with Gasteiger partial charge in [0.2, 0.25) is 0 Å².